The molecule has 2 heterocycles. The molecule has 24 heavy (non-hydrogen) atoms. The first kappa shape index (κ1) is 17.2. The number of carboxylic acid groups (broad SMARTS) is 1. The van der Waals surface area contributed by atoms with Crippen LogP contribution in [-0.4, -0.2) is 45.9 Å². The molecule has 6 heteroatoms. The molecule has 3 atom stereocenters. The van der Waals surface area contributed by atoms with Gasteiger partial charge in [-0.05, 0) is 38.5 Å². The second-order valence-corrected chi connectivity index (χ2v) is 7.62. The lowest BCUT2D eigenvalue weighted by atomic mass is 9.72. The van der Waals surface area contributed by atoms with Gasteiger partial charge in [0.15, 0.2) is 0 Å². The van der Waals surface area contributed by atoms with Gasteiger partial charge in [0.25, 0.3) is 0 Å². The molecule has 0 radical (unpaired) electrons. The zero-order valence-corrected chi connectivity index (χ0v) is 14.4. The normalized spacial score (nSPS) is 32.3. The molecule has 0 spiro atoms. The van der Waals surface area contributed by atoms with Crippen molar-refractivity contribution in [2.45, 2.75) is 89.3 Å². The fourth-order valence-electron chi connectivity index (χ4n) is 5.04. The number of rotatable bonds is 6. The number of hydrogen-bond acceptors (Lipinski definition) is 3. The van der Waals surface area contributed by atoms with Crippen LogP contribution in [0.25, 0.3) is 0 Å². The summed E-state index contributed by atoms with van der Waals surface area (Å²) in [6, 6.07) is 0.113. The van der Waals surface area contributed by atoms with E-state index in [-0.39, 0.29) is 42.8 Å². The molecule has 2 bridgehead atoms. The van der Waals surface area contributed by atoms with Crippen LogP contribution >= 0.6 is 0 Å². The Hall–Kier alpha value is -1.59. The number of aliphatic carboxylic acids is 1. The molecular weight excluding hydrogens is 308 g/mol. The van der Waals surface area contributed by atoms with Crippen molar-refractivity contribution in [3.8, 4) is 0 Å². The SMILES string of the molecule is CC[C@@]1(C(=O)O)C[C@@H]2CC[C@H]1N2C(=O)CCC(=O)NC1CCCC1. The predicted molar refractivity (Wildman–Crippen MR) is 88.3 cm³/mol. The summed E-state index contributed by atoms with van der Waals surface area (Å²) in [4.78, 5) is 38.2. The van der Waals surface area contributed by atoms with Gasteiger partial charge in [0.1, 0.15) is 0 Å². The van der Waals surface area contributed by atoms with Crippen molar-refractivity contribution in [2.75, 3.05) is 0 Å². The Labute approximate surface area is 143 Å². The molecule has 0 aromatic carbocycles. The van der Waals surface area contributed by atoms with E-state index >= 15 is 0 Å². The summed E-state index contributed by atoms with van der Waals surface area (Å²) < 4.78 is 0. The third kappa shape index (κ3) is 2.91. The van der Waals surface area contributed by atoms with E-state index in [1.54, 1.807) is 4.90 Å². The maximum absolute atomic E-state index is 12.6. The van der Waals surface area contributed by atoms with Crippen molar-refractivity contribution in [3.05, 3.63) is 0 Å². The summed E-state index contributed by atoms with van der Waals surface area (Å²) in [7, 11) is 0. The predicted octanol–water partition coefficient (Wildman–Crippen LogP) is 2.07. The number of hydrogen-bond donors (Lipinski definition) is 2. The quantitative estimate of drug-likeness (QED) is 0.777. The molecule has 134 valence electrons. The van der Waals surface area contributed by atoms with Crippen LogP contribution in [0.3, 0.4) is 0 Å². The Kier molecular flexibility index (Phi) is 4.83. The van der Waals surface area contributed by atoms with Crippen molar-refractivity contribution in [1.82, 2.24) is 10.2 Å². The Morgan fingerprint density at radius 1 is 1.12 bits per heavy atom. The molecule has 0 aromatic rings. The summed E-state index contributed by atoms with van der Waals surface area (Å²) in [5.41, 5.74) is -0.787. The molecule has 2 amide bonds. The zero-order valence-electron chi connectivity index (χ0n) is 14.4. The Balaban J connectivity index is 1.55. The lowest BCUT2D eigenvalue weighted by Crippen LogP contribution is -2.45. The second kappa shape index (κ2) is 6.73. The van der Waals surface area contributed by atoms with Crippen LogP contribution in [0.2, 0.25) is 0 Å². The van der Waals surface area contributed by atoms with Gasteiger partial charge in [-0.1, -0.05) is 19.8 Å². The maximum Gasteiger partial charge on any atom is 0.311 e. The van der Waals surface area contributed by atoms with Crippen LogP contribution < -0.4 is 5.32 Å². The molecule has 3 fully saturated rings. The molecule has 3 aliphatic rings. The van der Waals surface area contributed by atoms with Crippen LogP contribution in [0.1, 0.15) is 71.1 Å². The Bertz CT molecular complexity index is 529. The van der Waals surface area contributed by atoms with Crippen LogP contribution in [-0.2, 0) is 14.4 Å². The van der Waals surface area contributed by atoms with Crippen molar-refractivity contribution < 1.29 is 19.5 Å². The Morgan fingerprint density at radius 3 is 2.42 bits per heavy atom. The molecule has 6 nitrogen and oxygen atoms in total. The summed E-state index contributed by atoms with van der Waals surface area (Å²) >= 11 is 0. The minimum atomic E-state index is -0.787. The zero-order chi connectivity index (χ0) is 17.3. The first-order valence-electron chi connectivity index (χ1n) is 9.32. The lowest BCUT2D eigenvalue weighted by molar-refractivity contribution is -0.152. The largest absolute Gasteiger partial charge is 0.481 e. The van der Waals surface area contributed by atoms with Crippen LogP contribution in [0.15, 0.2) is 0 Å². The molecule has 2 N–H and O–H groups in total. The van der Waals surface area contributed by atoms with Crippen molar-refractivity contribution in [3.63, 3.8) is 0 Å². The van der Waals surface area contributed by atoms with E-state index in [4.69, 9.17) is 0 Å². The van der Waals surface area contributed by atoms with Gasteiger partial charge in [0, 0.05) is 31.0 Å². The van der Waals surface area contributed by atoms with Crippen LogP contribution in [0.5, 0.6) is 0 Å². The van der Waals surface area contributed by atoms with Crippen molar-refractivity contribution in [2.24, 2.45) is 5.41 Å². The fourth-order valence-corrected chi connectivity index (χ4v) is 5.04. The number of nitrogens with zero attached hydrogens (tertiary/aromatic N) is 1. The van der Waals surface area contributed by atoms with Gasteiger partial charge < -0.3 is 15.3 Å². The Morgan fingerprint density at radius 2 is 1.83 bits per heavy atom. The fraction of sp³-hybridized carbons (Fsp3) is 0.833. The molecule has 2 aliphatic heterocycles. The summed E-state index contributed by atoms with van der Waals surface area (Å²) in [5, 5.41) is 12.7. The van der Waals surface area contributed by atoms with E-state index in [2.05, 4.69) is 5.32 Å². The standard InChI is InChI=1S/C18H28N2O4/c1-2-18(17(23)24)11-13-7-8-14(18)20(13)16(22)10-9-15(21)19-12-5-3-4-6-12/h12-14H,2-11H2,1H3,(H,19,21)(H,23,24)/t13-,14+,18+/m0/s1. The smallest absolute Gasteiger partial charge is 0.311 e. The first-order chi connectivity index (χ1) is 11.5. The highest BCUT2D eigenvalue weighted by molar-refractivity contribution is 5.86. The van der Waals surface area contributed by atoms with Gasteiger partial charge in [-0.15, -0.1) is 0 Å². The van der Waals surface area contributed by atoms with Gasteiger partial charge in [0.05, 0.1) is 5.41 Å². The highest BCUT2D eigenvalue weighted by Gasteiger charge is 2.60. The van der Waals surface area contributed by atoms with Gasteiger partial charge in [0.2, 0.25) is 11.8 Å². The minimum absolute atomic E-state index is 0.0384. The molecule has 3 rings (SSSR count). The van der Waals surface area contributed by atoms with Crippen molar-refractivity contribution >= 4 is 17.8 Å². The second-order valence-electron chi connectivity index (χ2n) is 7.62. The van der Waals surface area contributed by atoms with E-state index in [1.165, 1.54) is 0 Å². The van der Waals surface area contributed by atoms with Crippen LogP contribution in [0, 0.1) is 5.41 Å². The van der Waals surface area contributed by atoms with Crippen molar-refractivity contribution in [1.29, 1.82) is 0 Å². The van der Waals surface area contributed by atoms with Gasteiger partial charge in [-0.25, -0.2) is 0 Å². The molecule has 1 aliphatic carbocycles. The highest BCUT2D eigenvalue weighted by atomic mass is 16.4. The lowest BCUT2D eigenvalue weighted by Gasteiger charge is -2.32. The van der Waals surface area contributed by atoms with E-state index < -0.39 is 11.4 Å². The molecular formula is C18H28N2O4. The first-order valence-corrected chi connectivity index (χ1v) is 9.32. The molecule has 0 aromatic heterocycles. The topological polar surface area (TPSA) is 86.7 Å². The monoisotopic (exact) mass is 336 g/mol. The van der Waals surface area contributed by atoms with E-state index in [1.807, 2.05) is 6.92 Å². The van der Waals surface area contributed by atoms with Gasteiger partial charge in [-0.2, -0.15) is 0 Å². The molecule has 0 unspecified atom stereocenters. The van der Waals surface area contributed by atoms with Crippen LogP contribution in [0.4, 0.5) is 0 Å². The summed E-state index contributed by atoms with van der Waals surface area (Å²) in [5.74, 6) is -0.892. The number of nitrogens with one attached hydrogen (secondary N) is 1. The number of fused-ring (bicyclic) bond motifs is 2. The number of carbonyl (C=O) groups is 3. The molecule has 1 saturated carbocycles. The van der Waals surface area contributed by atoms with E-state index in [0.29, 0.717) is 12.8 Å². The highest BCUT2D eigenvalue weighted by Crippen LogP contribution is 2.52. The summed E-state index contributed by atoms with van der Waals surface area (Å²) in [6.07, 6.45) is 7.55. The average Bonchev–Trinajstić information content (AvgIpc) is 3.27. The third-order valence-electron chi connectivity index (χ3n) is 6.37. The average molecular weight is 336 g/mol. The van der Waals surface area contributed by atoms with E-state index in [9.17, 15) is 19.5 Å². The van der Waals surface area contributed by atoms with Gasteiger partial charge >= 0.3 is 5.97 Å². The summed E-state index contributed by atoms with van der Waals surface area (Å²) in [6.45, 7) is 1.90. The maximum atomic E-state index is 12.6. The third-order valence-corrected chi connectivity index (χ3v) is 6.37. The van der Waals surface area contributed by atoms with E-state index in [0.717, 1.165) is 38.5 Å². The molecule has 2 saturated heterocycles. The minimum Gasteiger partial charge on any atom is -0.481 e. The number of amides is 2. The number of carbonyl (C=O) groups excluding carboxylic acids is 2. The van der Waals surface area contributed by atoms with Gasteiger partial charge in [-0.3, -0.25) is 14.4 Å². The number of carboxylic acids is 1.